The van der Waals surface area contributed by atoms with Gasteiger partial charge in [0.2, 0.25) is 0 Å². The molecular formula is C15H30N2. The minimum Gasteiger partial charge on any atom is -0.312 e. The standard InChI is InChI=1S/C15H30N2/c1-5-14(17-11-16)12-9-7-8-10-13(12)15(3,4)6-2/h12-13H,5-11,16H2,1-4H3. The lowest BCUT2D eigenvalue weighted by atomic mass is 9.63. The van der Waals surface area contributed by atoms with E-state index in [-0.39, 0.29) is 0 Å². The third kappa shape index (κ3) is 3.54. The molecule has 0 spiro atoms. The van der Waals surface area contributed by atoms with Crippen LogP contribution in [0.15, 0.2) is 4.99 Å². The molecule has 1 aliphatic carbocycles. The highest BCUT2D eigenvalue weighted by molar-refractivity contribution is 5.87. The van der Waals surface area contributed by atoms with Crippen molar-refractivity contribution in [1.82, 2.24) is 0 Å². The molecule has 2 N–H and O–H groups in total. The topological polar surface area (TPSA) is 38.4 Å². The van der Waals surface area contributed by atoms with Crippen LogP contribution in [-0.4, -0.2) is 12.4 Å². The second-order valence-corrected chi connectivity index (χ2v) is 6.03. The lowest BCUT2D eigenvalue weighted by molar-refractivity contribution is 0.121. The van der Waals surface area contributed by atoms with Gasteiger partial charge in [-0.25, -0.2) is 0 Å². The van der Waals surface area contributed by atoms with Crippen LogP contribution in [0.4, 0.5) is 0 Å². The summed E-state index contributed by atoms with van der Waals surface area (Å²) in [5, 5.41) is 0. The molecule has 2 nitrogen and oxygen atoms in total. The van der Waals surface area contributed by atoms with Crippen molar-refractivity contribution in [3.05, 3.63) is 0 Å². The third-order valence-corrected chi connectivity index (χ3v) is 4.77. The van der Waals surface area contributed by atoms with Crippen LogP contribution in [0.2, 0.25) is 0 Å². The van der Waals surface area contributed by atoms with Crippen molar-refractivity contribution in [3.8, 4) is 0 Å². The van der Waals surface area contributed by atoms with E-state index in [0.29, 0.717) is 18.0 Å². The average Bonchev–Trinajstić information content (AvgIpc) is 2.36. The van der Waals surface area contributed by atoms with Gasteiger partial charge in [0.1, 0.15) is 0 Å². The van der Waals surface area contributed by atoms with Gasteiger partial charge in [0.25, 0.3) is 0 Å². The Labute approximate surface area is 107 Å². The molecule has 2 heteroatoms. The van der Waals surface area contributed by atoms with Gasteiger partial charge in [-0.2, -0.15) is 0 Å². The SMILES string of the molecule is CCC(=NCN)C1CCCCC1C(C)(C)CC. The third-order valence-electron chi connectivity index (χ3n) is 4.77. The molecule has 1 fully saturated rings. The molecular weight excluding hydrogens is 208 g/mol. The van der Waals surface area contributed by atoms with Crippen molar-refractivity contribution in [2.45, 2.75) is 66.2 Å². The van der Waals surface area contributed by atoms with Crippen molar-refractivity contribution in [3.63, 3.8) is 0 Å². The van der Waals surface area contributed by atoms with Crippen LogP contribution in [0.5, 0.6) is 0 Å². The zero-order chi connectivity index (χ0) is 12.9. The van der Waals surface area contributed by atoms with E-state index >= 15 is 0 Å². The molecule has 1 rings (SSSR count). The second-order valence-electron chi connectivity index (χ2n) is 6.03. The summed E-state index contributed by atoms with van der Waals surface area (Å²) < 4.78 is 0. The van der Waals surface area contributed by atoms with Crippen LogP contribution < -0.4 is 5.73 Å². The van der Waals surface area contributed by atoms with Crippen molar-refractivity contribution < 1.29 is 0 Å². The number of aliphatic imine (C=N–C) groups is 1. The first-order valence-electron chi connectivity index (χ1n) is 7.30. The quantitative estimate of drug-likeness (QED) is 0.722. The minimum absolute atomic E-state index is 0.440. The van der Waals surface area contributed by atoms with E-state index in [1.807, 2.05) is 0 Å². The van der Waals surface area contributed by atoms with E-state index < -0.39 is 0 Å². The number of nitrogens with zero attached hydrogens (tertiary/aromatic N) is 1. The molecule has 0 heterocycles. The number of hydrogen-bond donors (Lipinski definition) is 1. The van der Waals surface area contributed by atoms with Gasteiger partial charge < -0.3 is 5.73 Å². The van der Waals surface area contributed by atoms with Crippen molar-refractivity contribution in [1.29, 1.82) is 0 Å². The zero-order valence-electron chi connectivity index (χ0n) is 12.1. The Morgan fingerprint density at radius 2 is 1.88 bits per heavy atom. The zero-order valence-corrected chi connectivity index (χ0v) is 12.1. The Kier molecular flexibility index (Phi) is 5.64. The van der Waals surface area contributed by atoms with Gasteiger partial charge in [-0.05, 0) is 30.6 Å². The molecule has 0 radical (unpaired) electrons. The monoisotopic (exact) mass is 238 g/mol. The molecule has 0 aromatic rings. The lowest BCUT2D eigenvalue weighted by Crippen LogP contribution is -2.37. The predicted molar refractivity (Wildman–Crippen MR) is 76.3 cm³/mol. The van der Waals surface area contributed by atoms with E-state index in [9.17, 15) is 0 Å². The summed E-state index contributed by atoms with van der Waals surface area (Å²) in [6.45, 7) is 9.84. The van der Waals surface area contributed by atoms with E-state index in [4.69, 9.17) is 5.73 Å². The number of rotatable bonds is 5. The van der Waals surface area contributed by atoms with E-state index in [2.05, 4.69) is 32.7 Å². The fourth-order valence-electron chi connectivity index (χ4n) is 3.34. The van der Waals surface area contributed by atoms with Gasteiger partial charge in [0.05, 0.1) is 6.67 Å². The molecule has 0 bridgehead atoms. The Morgan fingerprint density at radius 3 is 2.41 bits per heavy atom. The molecule has 0 saturated heterocycles. The normalized spacial score (nSPS) is 27.2. The molecule has 2 unspecified atom stereocenters. The van der Waals surface area contributed by atoms with Gasteiger partial charge in [-0.1, -0.05) is 47.0 Å². The fraction of sp³-hybridized carbons (Fsp3) is 0.933. The summed E-state index contributed by atoms with van der Waals surface area (Å²) >= 11 is 0. The highest BCUT2D eigenvalue weighted by Gasteiger charge is 2.37. The number of hydrogen-bond acceptors (Lipinski definition) is 2. The first kappa shape index (κ1) is 14.7. The maximum absolute atomic E-state index is 5.61. The lowest BCUT2D eigenvalue weighted by Gasteiger charge is -2.42. The predicted octanol–water partition coefficient (Wildman–Crippen LogP) is 4.00. The van der Waals surface area contributed by atoms with Gasteiger partial charge in [-0.15, -0.1) is 0 Å². The van der Waals surface area contributed by atoms with E-state index in [1.165, 1.54) is 37.8 Å². The Bertz CT molecular complexity index is 256. The van der Waals surface area contributed by atoms with E-state index in [0.717, 1.165) is 12.3 Å². The van der Waals surface area contributed by atoms with Crippen LogP contribution in [-0.2, 0) is 0 Å². The summed E-state index contributed by atoms with van der Waals surface area (Å²) in [6.07, 6.45) is 7.77. The Balaban J connectivity index is 2.89. The van der Waals surface area contributed by atoms with Crippen LogP contribution in [0.3, 0.4) is 0 Å². The van der Waals surface area contributed by atoms with Crippen molar-refractivity contribution in [2.24, 2.45) is 28.0 Å². The molecule has 0 amide bonds. The molecule has 2 atom stereocenters. The van der Waals surface area contributed by atoms with Gasteiger partial charge in [0, 0.05) is 11.6 Å². The molecule has 0 aromatic carbocycles. The first-order valence-corrected chi connectivity index (χ1v) is 7.30. The fourth-order valence-corrected chi connectivity index (χ4v) is 3.34. The van der Waals surface area contributed by atoms with Gasteiger partial charge >= 0.3 is 0 Å². The maximum atomic E-state index is 5.61. The van der Waals surface area contributed by atoms with Crippen LogP contribution >= 0.6 is 0 Å². The summed E-state index contributed by atoms with van der Waals surface area (Å²) in [7, 11) is 0. The Hall–Kier alpha value is -0.370. The molecule has 100 valence electrons. The smallest absolute Gasteiger partial charge is 0.0858 e. The van der Waals surface area contributed by atoms with Gasteiger partial charge in [0.15, 0.2) is 0 Å². The van der Waals surface area contributed by atoms with Crippen molar-refractivity contribution >= 4 is 5.71 Å². The average molecular weight is 238 g/mol. The largest absolute Gasteiger partial charge is 0.312 e. The Morgan fingerprint density at radius 1 is 1.24 bits per heavy atom. The molecule has 17 heavy (non-hydrogen) atoms. The van der Waals surface area contributed by atoms with Crippen molar-refractivity contribution in [2.75, 3.05) is 6.67 Å². The summed E-state index contributed by atoms with van der Waals surface area (Å²) in [5.74, 6) is 1.48. The molecule has 0 aliphatic heterocycles. The summed E-state index contributed by atoms with van der Waals surface area (Å²) in [6, 6.07) is 0. The van der Waals surface area contributed by atoms with Crippen LogP contribution in [0, 0.1) is 17.3 Å². The second kappa shape index (κ2) is 6.53. The molecule has 1 aliphatic rings. The molecule has 1 saturated carbocycles. The molecule has 0 aromatic heterocycles. The highest BCUT2D eigenvalue weighted by Crippen LogP contribution is 2.44. The first-order chi connectivity index (χ1) is 8.06. The van der Waals surface area contributed by atoms with Gasteiger partial charge in [-0.3, -0.25) is 4.99 Å². The van der Waals surface area contributed by atoms with Crippen LogP contribution in [0.25, 0.3) is 0 Å². The summed E-state index contributed by atoms with van der Waals surface area (Å²) in [5.41, 5.74) is 7.43. The highest BCUT2D eigenvalue weighted by atomic mass is 14.9. The summed E-state index contributed by atoms with van der Waals surface area (Å²) in [4.78, 5) is 4.56. The van der Waals surface area contributed by atoms with E-state index in [1.54, 1.807) is 0 Å². The van der Waals surface area contributed by atoms with Crippen LogP contribution in [0.1, 0.15) is 66.2 Å². The number of nitrogens with two attached hydrogens (primary N) is 1. The minimum atomic E-state index is 0.440. The maximum Gasteiger partial charge on any atom is 0.0858 e.